The third-order valence-corrected chi connectivity index (χ3v) is 7.89. The quantitative estimate of drug-likeness (QED) is 0.358. The van der Waals surface area contributed by atoms with E-state index in [2.05, 4.69) is 0 Å². The molecule has 9 heteroatoms. The van der Waals surface area contributed by atoms with Crippen LogP contribution in [0.3, 0.4) is 0 Å². The molecule has 2 aromatic heterocycles. The first-order valence-corrected chi connectivity index (χ1v) is 13.1. The topological polar surface area (TPSA) is 90.6 Å². The Bertz CT molecular complexity index is 1600. The van der Waals surface area contributed by atoms with E-state index >= 15 is 0 Å². The predicted molar refractivity (Wildman–Crippen MR) is 143 cm³/mol. The van der Waals surface area contributed by atoms with Crippen molar-refractivity contribution in [3.05, 3.63) is 97.0 Å². The highest BCUT2D eigenvalue weighted by molar-refractivity contribution is 7.18. The maximum Gasteiger partial charge on any atom is 0.410 e. The van der Waals surface area contributed by atoms with Gasteiger partial charge in [0.15, 0.2) is 5.78 Å². The fourth-order valence-electron chi connectivity index (χ4n) is 4.68. The molecule has 0 aliphatic carbocycles. The minimum atomic E-state index is -0.563. The number of Topliss-reactive ketones (excluding diaryl/α,β-unsaturated/α-hetero) is 1. The number of amides is 1. The molecule has 1 aliphatic heterocycles. The zero-order valence-electron chi connectivity index (χ0n) is 20.7. The van der Waals surface area contributed by atoms with Crippen LogP contribution in [-0.2, 0) is 30.7 Å². The molecule has 1 amide bonds. The van der Waals surface area contributed by atoms with Gasteiger partial charge >= 0.3 is 11.8 Å². The number of aryl methyl sites for hydroxylation is 1. The normalized spacial score (nSPS) is 13.0. The SMILES string of the molecule is CCOC(=O)N1CCc2c(sc3c2c(=O)n(-c2ccc(CC)cc2)c(=O)n3CC(=O)c2ccccc2)C1. The van der Waals surface area contributed by atoms with Crippen molar-refractivity contribution in [3.63, 3.8) is 0 Å². The van der Waals surface area contributed by atoms with Crippen LogP contribution in [-0.4, -0.2) is 39.1 Å². The van der Waals surface area contributed by atoms with Crippen molar-refractivity contribution < 1.29 is 14.3 Å². The Hall–Kier alpha value is -3.98. The van der Waals surface area contributed by atoms with Gasteiger partial charge in [-0.25, -0.2) is 14.2 Å². The molecular formula is C28H27N3O5S. The van der Waals surface area contributed by atoms with E-state index in [1.54, 1.807) is 48.2 Å². The number of nitrogens with zero attached hydrogens (tertiary/aromatic N) is 3. The molecule has 8 nitrogen and oxygen atoms in total. The number of ketones is 1. The van der Waals surface area contributed by atoms with E-state index in [0.717, 1.165) is 27.0 Å². The number of benzene rings is 2. The second-order valence-corrected chi connectivity index (χ2v) is 9.96. The van der Waals surface area contributed by atoms with Crippen LogP contribution in [0.5, 0.6) is 0 Å². The van der Waals surface area contributed by atoms with E-state index in [9.17, 15) is 19.2 Å². The van der Waals surface area contributed by atoms with E-state index in [1.807, 2.05) is 25.1 Å². The molecule has 0 radical (unpaired) electrons. The van der Waals surface area contributed by atoms with E-state index < -0.39 is 17.3 Å². The number of hydrogen-bond acceptors (Lipinski definition) is 6. The number of carbonyl (C=O) groups excluding carboxylic acids is 2. The average Bonchev–Trinajstić information content (AvgIpc) is 3.31. The zero-order chi connectivity index (χ0) is 26.1. The van der Waals surface area contributed by atoms with Gasteiger partial charge < -0.3 is 9.64 Å². The number of aromatic nitrogens is 2. The Morgan fingerprint density at radius 1 is 1.00 bits per heavy atom. The molecule has 0 saturated carbocycles. The summed E-state index contributed by atoms with van der Waals surface area (Å²) in [6.45, 7) is 4.56. The van der Waals surface area contributed by atoms with Gasteiger partial charge in [-0.15, -0.1) is 11.3 Å². The van der Waals surface area contributed by atoms with Crippen LogP contribution in [0.25, 0.3) is 15.9 Å². The molecule has 3 heterocycles. The van der Waals surface area contributed by atoms with Crippen molar-refractivity contribution in [3.8, 4) is 5.69 Å². The van der Waals surface area contributed by atoms with E-state index in [0.29, 0.717) is 41.0 Å². The van der Waals surface area contributed by atoms with Gasteiger partial charge in [-0.2, -0.15) is 0 Å². The molecule has 0 unspecified atom stereocenters. The van der Waals surface area contributed by atoms with Crippen LogP contribution < -0.4 is 11.2 Å². The van der Waals surface area contributed by atoms with Crippen molar-refractivity contribution in [2.45, 2.75) is 39.8 Å². The summed E-state index contributed by atoms with van der Waals surface area (Å²) in [6.07, 6.45) is 0.887. The van der Waals surface area contributed by atoms with E-state index in [1.165, 1.54) is 15.9 Å². The number of carbonyl (C=O) groups is 2. The number of fused-ring (bicyclic) bond motifs is 3. The highest BCUT2D eigenvalue weighted by atomic mass is 32.1. The molecule has 37 heavy (non-hydrogen) atoms. The summed E-state index contributed by atoms with van der Waals surface area (Å²) in [4.78, 5) is 56.0. The molecule has 190 valence electrons. The third kappa shape index (κ3) is 4.51. The van der Waals surface area contributed by atoms with Crippen molar-refractivity contribution in [1.29, 1.82) is 0 Å². The Morgan fingerprint density at radius 3 is 2.41 bits per heavy atom. The molecular weight excluding hydrogens is 490 g/mol. The van der Waals surface area contributed by atoms with Gasteiger partial charge in [-0.3, -0.25) is 14.2 Å². The van der Waals surface area contributed by atoms with Crippen LogP contribution in [0.15, 0.2) is 64.2 Å². The average molecular weight is 518 g/mol. The van der Waals surface area contributed by atoms with Crippen molar-refractivity contribution in [2.24, 2.45) is 0 Å². The summed E-state index contributed by atoms with van der Waals surface area (Å²) in [7, 11) is 0. The fraction of sp³-hybridized carbons (Fsp3) is 0.286. The Labute approximate surface area is 217 Å². The van der Waals surface area contributed by atoms with Crippen LogP contribution >= 0.6 is 11.3 Å². The highest BCUT2D eigenvalue weighted by Crippen LogP contribution is 2.33. The molecule has 2 aromatic carbocycles. The Balaban J connectivity index is 1.70. The van der Waals surface area contributed by atoms with Gasteiger partial charge in [0, 0.05) is 17.0 Å². The van der Waals surface area contributed by atoms with E-state index in [-0.39, 0.29) is 18.9 Å². The maximum atomic E-state index is 13.8. The summed E-state index contributed by atoms with van der Waals surface area (Å²) in [6, 6.07) is 16.1. The van der Waals surface area contributed by atoms with Gasteiger partial charge in [-0.05, 0) is 43.0 Å². The summed E-state index contributed by atoms with van der Waals surface area (Å²) in [5.74, 6) is -0.227. The molecule has 5 rings (SSSR count). The molecule has 0 fully saturated rings. The Kier molecular flexibility index (Phi) is 6.80. The van der Waals surface area contributed by atoms with Gasteiger partial charge in [-0.1, -0.05) is 49.4 Å². The van der Waals surface area contributed by atoms with Gasteiger partial charge in [0.25, 0.3) is 5.56 Å². The lowest BCUT2D eigenvalue weighted by molar-refractivity contribution is 0.0970. The molecule has 4 aromatic rings. The number of hydrogen-bond donors (Lipinski definition) is 0. The second-order valence-electron chi connectivity index (χ2n) is 8.87. The molecule has 0 N–H and O–H groups in total. The zero-order valence-corrected chi connectivity index (χ0v) is 21.5. The number of thiophene rings is 1. The first-order chi connectivity index (χ1) is 17.9. The van der Waals surface area contributed by atoms with Crippen LogP contribution in [0.1, 0.15) is 40.2 Å². The molecule has 0 atom stereocenters. The minimum Gasteiger partial charge on any atom is -0.450 e. The fourth-order valence-corrected chi connectivity index (χ4v) is 6.03. The summed E-state index contributed by atoms with van der Waals surface area (Å²) < 4.78 is 7.72. The molecule has 0 spiro atoms. The summed E-state index contributed by atoms with van der Waals surface area (Å²) in [5.41, 5.74) is 1.89. The lowest BCUT2D eigenvalue weighted by Crippen LogP contribution is -2.40. The van der Waals surface area contributed by atoms with Gasteiger partial charge in [0.05, 0.1) is 30.8 Å². The third-order valence-electron chi connectivity index (χ3n) is 6.65. The van der Waals surface area contributed by atoms with Crippen LogP contribution in [0.2, 0.25) is 0 Å². The molecule has 1 aliphatic rings. The van der Waals surface area contributed by atoms with E-state index in [4.69, 9.17) is 4.74 Å². The standard InChI is InChI=1S/C28H27N3O5S/c1-3-18-10-12-20(13-11-18)31-25(33)24-21-14-15-29(28(35)36-4-2)17-23(21)37-26(24)30(27(31)34)16-22(32)19-8-6-5-7-9-19/h5-13H,3-4,14-17H2,1-2H3. The lowest BCUT2D eigenvalue weighted by Gasteiger charge is -2.25. The molecule has 0 saturated heterocycles. The van der Waals surface area contributed by atoms with Gasteiger partial charge in [0.1, 0.15) is 4.83 Å². The van der Waals surface area contributed by atoms with Gasteiger partial charge in [0.2, 0.25) is 0 Å². The van der Waals surface area contributed by atoms with Crippen LogP contribution in [0, 0.1) is 0 Å². The summed E-state index contributed by atoms with van der Waals surface area (Å²) in [5, 5.41) is 0.434. The smallest absolute Gasteiger partial charge is 0.410 e. The van der Waals surface area contributed by atoms with Crippen LogP contribution in [0.4, 0.5) is 4.79 Å². The maximum absolute atomic E-state index is 13.8. The number of ether oxygens (including phenoxy) is 1. The first kappa shape index (κ1) is 24.7. The molecule has 0 bridgehead atoms. The van der Waals surface area contributed by atoms with Crippen molar-refractivity contribution >= 4 is 33.4 Å². The monoisotopic (exact) mass is 517 g/mol. The number of rotatable bonds is 6. The predicted octanol–water partition coefficient (Wildman–Crippen LogP) is 4.17. The lowest BCUT2D eigenvalue weighted by atomic mass is 10.1. The second kappa shape index (κ2) is 10.2. The Morgan fingerprint density at radius 2 is 1.73 bits per heavy atom. The minimum absolute atomic E-state index is 0.201. The summed E-state index contributed by atoms with van der Waals surface area (Å²) >= 11 is 1.29. The van der Waals surface area contributed by atoms with Crippen molar-refractivity contribution in [2.75, 3.05) is 13.2 Å². The largest absolute Gasteiger partial charge is 0.450 e. The first-order valence-electron chi connectivity index (χ1n) is 12.3. The highest BCUT2D eigenvalue weighted by Gasteiger charge is 2.29. The van der Waals surface area contributed by atoms with Crippen molar-refractivity contribution in [1.82, 2.24) is 14.0 Å².